The SMILES string of the molecule is COC(OC1C(OC(C)=O)C(O)OC(COC(O)C(OC(=O)c2ccccc2)C(OC(=O)c2ccccc2)C(CCOC(=O)c2ccccc2)OC(=O)c2ccccc2)C1OC(C)=O)C(OC(=O)c1ccccc1)C(OC(=O)c1ccccc1)C(CCOC(=O)c1ccccc1)OC(=O)c1ccccc1. The van der Waals surface area contributed by atoms with Crippen molar-refractivity contribution < 1.29 is 124 Å². The minimum atomic E-state index is -2.56. The number of carbonyl (C=O) groups is 10. The van der Waals surface area contributed by atoms with Crippen molar-refractivity contribution in [1.29, 1.82) is 0 Å². The van der Waals surface area contributed by atoms with Crippen LogP contribution >= 0.6 is 0 Å². The number of aliphatic hydroxyl groups excluding tert-OH is 2. The van der Waals surface area contributed by atoms with Crippen LogP contribution in [0.4, 0.5) is 0 Å². The third-order valence-corrected chi connectivity index (χ3v) is 15.9. The average molecular weight is 1440 g/mol. The third kappa shape index (κ3) is 22.4. The van der Waals surface area contributed by atoms with Crippen LogP contribution in [0.25, 0.3) is 0 Å². The number of rotatable bonds is 34. The predicted molar refractivity (Wildman–Crippen MR) is 366 cm³/mol. The van der Waals surface area contributed by atoms with Crippen molar-refractivity contribution in [2.75, 3.05) is 26.9 Å². The van der Waals surface area contributed by atoms with Gasteiger partial charge in [0.05, 0.1) is 64.3 Å². The monoisotopic (exact) mass is 1440 g/mol. The molecule has 0 bridgehead atoms. The molecule has 26 heteroatoms. The Hall–Kier alpha value is -11.8. The van der Waals surface area contributed by atoms with Crippen molar-refractivity contribution in [2.45, 2.75) is 107 Å². The summed E-state index contributed by atoms with van der Waals surface area (Å²) in [5, 5.41) is 24.8. The lowest BCUT2D eigenvalue weighted by Crippen LogP contribution is -2.64. The largest absolute Gasteiger partial charge is 0.462 e. The molecule has 0 aliphatic carbocycles. The molecule has 8 aromatic carbocycles. The first-order valence-corrected chi connectivity index (χ1v) is 33.0. The van der Waals surface area contributed by atoms with Crippen LogP contribution in [-0.4, -0.2) is 177 Å². The molecule has 2 N–H and O–H groups in total. The van der Waals surface area contributed by atoms with Crippen molar-refractivity contribution in [2.24, 2.45) is 0 Å². The van der Waals surface area contributed by atoms with Gasteiger partial charge in [-0.05, 0) is 97.1 Å². The van der Waals surface area contributed by atoms with Crippen LogP contribution in [0.1, 0.15) is 110 Å². The molecule has 9 rings (SSSR count). The van der Waals surface area contributed by atoms with Crippen LogP contribution in [0.2, 0.25) is 0 Å². The van der Waals surface area contributed by atoms with E-state index in [1.54, 1.807) is 72.8 Å². The summed E-state index contributed by atoms with van der Waals surface area (Å²) in [6.07, 6.45) is -28.6. The maximum atomic E-state index is 14.7. The van der Waals surface area contributed by atoms with E-state index in [2.05, 4.69) is 0 Å². The van der Waals surface area contributed by atoms with Gasteiger partial charge in [0.15, 0.2) is 55.5 Å². The molecular formula is C79H74O26. The molecule has 26 nitrogen and oxygen atoms in total. The summed E-state index contributed by atoms with van der Waals surface area (Å²) in [4.78, 5) is 141. The molecule has 1 fully saturated rings. The first-order valence-electron chi connectivity index (χ1n) is 33.0. The van der Waals surface area contributed by atoms with Gasteiger partial charge >= 0.3 is 59.7 Å². The molecular weight excluding hydrogens is 1360 g/mol. The van der Waals surface area contributed by atoms with Gasteiger partial charge in [-0.25, -0.2) is 38.4 Å². The smallest absolute Gasteiger partial charge is 0.338 e. The molecule has 0 amide bonds. The zero-order valence-corrected chi connectivity index (χ0v) is 56.8. The lowest BCUT2D eigenvalue weighted by Gasteiger charge is -2.45. The third-order valence-electron chi connectivity index (χ3n) is 15.9. The summed E-state index contributed by atoms with van der Waals surface area (Å²) in [6.45, 7) is -0.313. The van der Waals surface area contributed by atoms with Crippen molar-refractivity contribution in [3.05, 3.63) is 287 Å². The summed E-state index contributed by atoms with van der Waals surface area (Å²) in [7, 11) is 1.03. The lowest BCUT2D eigenvalue weighted by molar-refractivity contribution is -0.336. The van der Waals surface area contributed by atoms with E-state index in [1.165, 1.54) is 170 Å². The van der Waals surface area contributed by atoms with Gasteiger partial charge in [0.1, 0.15) is 24.4 Å². The van der Waals surface area contributed by atoms with E-state index in [1.807, 2.05) is 0 Å². The van der Waals surface area contributed by atoms with Crippen LogP contribution in [0.3, 0.4) is 0 Å². The number of methoxy groups -OCH3 is 1. The number of benzene rings is 8. The maximum absolute atomic E-state index is 14.7. The topological polar surface area (TPSA) is 340 Å². The fourth-order valence-corrected chi connectivity index (χ4v) is 10.9. The Bertz CT molecular complexity index is 4140. The highest BCUT2D eigenvalue weighted by Crippen LogP contribution is 2.34. The molecule has 0 aromatic heterocycles. The second-order valence-corrected chi connectivity index (χ2v) is 23.3. The predicted octanol–water partition coefficient (Wildman–Crippen LogP) is 9.11. The molecule has 1 aliphatic heterocycles. The van der Waals surface area contributed by atoms with Crippen molar-refractivity contribution in [3.63, 3.8) is 0 Å². The molecule has 1 aliphatic rings. The summed E-state index contributed by atoms with van der Waals surface area (Å²) < 4.78 is 84.8. The number of hydrogen-bond acceptors (Lipinski definition) is 26. The first kappa shape index (κ1) is 77.4. The Kier molecular flexibility index (Phi) is 28.8. The lowest BCUT2D eigenvalue weighted by atomic mass is 9.97. The zero-order chi connectivity index (χ0) is 74.6. The highest BCUT2D eigenvalue weighted by molar-refractivity contribution is 5.93. The van der Waals surface area contributed by atoms with E-state index in [9.17, 15) is 58.2 Å². The van der Waals surface area contributed by atoms with Crippen LogP contribution < -0.4 is 0 Å². The molecule has 0 saturated carbocycles. The van der Waals surface area contributed by atoms with Crippen LogP contribution in [0, 0.1) is 0 Å². The molecule has 1 saturated heterocycles. The number of hydrogen-bond donors (Lipinski definition) is 2. The second kappa shape index (κ2) is 39.0. The summed E-state index contributed by atoms with van der Waals surface area (Å²) in [5.74, 6) is -10.4. The Labute approximate surface area is 602 Å². The highest BCUT2D eigenvalue weighted by atomic mass is 16.7. The molecule has 13 atom stereocenters. The van der Waals surface area contributed by atoms with E-state index in [0.29, 0.717) is 0 Å². The van der Waals surface area contributed by atoms with E-state index >= 15 is 0 Å². The van der Waals surface area contributed by atoms with Crippen LogP contribution in [0.5, 0.6) is 0 Å². The van der Waals surface area contributed by atoms with Gasteiger partial charge < -0.3 is 76.5 Å². The van der Waals surface area contributed by atoms with Gasteiger partial charge in [0.2, 0.25) is 0 Å². The fraction of sp³-hybridized carbons (Fsp3) is 0.266. The summed E-state index contributed by atoms with van der Waals surface area (Å²) >= 11 is 0. The number of aliphatic hydroxyl groups is 2. The van der Waals surface area contributed by atoms with Gasteiger partial charge in [-0.3, -0.25) is 9.59 Å². The zero-order valence-electron chi connectivity index (χ0n) is 56.8. The number of ether oxygens (including phenoxy) is 14. The van der Waals surface area contributed by atoms with Crippen molar-refractivity contribution >= 4 is 59.7 Å². The highest BCUT2D eigenvalue weighted by Gasteiger charge is 2.55. The molecule has 13 unspecified atom stereocenters. The Balaban J connectivity index is 1.12. The normalized spacial score (nSPS) is 17.6. The minimum Gasteiger partial charge on any atom is -0.462 e. The van der Waals surface area contributed by atoms with Gasteiger partial charge in [-0.1, -0.05) is 146 Å². The second-order valence-electron chi connectivity index (χ2n) is 23.3. The van der Waals surface area contributed by atoms with E-state index < -0.39 is 172 Å². The average Bonchev–Trinajstić information content (AvgIpc) is 0.766. The van der Waals surface area contributed by atoms with E-state index in [4.69, 9.17) is 66.3 Å². The van der Waals surface area contributed by atoms with Crippen LogP contribution in [-0.2, 0) is 75.9 Å². The Morgan fingerprint density at radius 1 is 0.362 bits per heavy atom. The molecule has 8 aromatic rings. The summed E-state index contributed by atoms with van der Waals surface area (Å²) in [6, 6.07) is 60.1. The maximum Gasteiger partial charge on any atom is 0.338 e. The van der Waals surface area contributed by atoms with Gasteiger partial charge in [-0.15, -0.1) is 0 Å². The number of esters is 10. The standard InChI is InChI=1S/C79H74O26/c1-49(80)96-64-61(48-95-77(90)66(103-75(88)57-40-24-10-25-41-57)62(101-73(86)55-36-20-8-21-37-55)59(98-71(84)53-32-16-6-17-33-53)44-46-93-69(82)51-28-12-4-13-29-51)100-78(91)67(97-50(2)81)65(64)105-79(92-3)68(104-76(89)58-42-26-11-27-43-58)63(102-74(87)56-38-22-9-23-39-56)60(99-72(85)54-34-18-7-19-35-54)45-47-94-70(83)52-30-14-5-15-31-52/h4-43,59-68,77-79,90-91H,44-48H2,1-3H3. The first-order chi connectivity index (χ1) is 50.8. The Morgan fingerprint density at radius 2 is 0.638 bits per heavy atom. The number of carbonyl (C=O) groups excluding carboxylic acids is 10. The van der Waals surface area contributed by atoms with Gasteiger partial charge in [0, 0.05) is 33.8 Å². The summed E-state index contributed by atoms with van der Waals surface area (Å²) in [5.41, 5.74) is -0.156. The molecule has 1 heterocycles. The quantitative estimate of drug-likeness (QED) is 0.0215. The van der Waals surface area contributed by atoms with E-state index in [-0.39, 0.29) is 44.5 Å². The van der Waals surface area contributed by atoms with Crippen molar-refractivity contribution in [1.82, 2.24) is 0 Å². The van der Waals surface area contributed by atoms with Crippen LogP contribution in [0.15, 0.2) is 243 Å². The molecule has 0 radical (unpaired) electrons. The Morgan fingerprint density at radius 3 is 0.952 bits per heavy atom. The van der Waals surface area contributed by atoms with E-state index in [0.717, 1.165) is 21.0 Å². The molecule has 105 heavy (non-hydrogen) atoms. The fourth-order valence-electron chi connectivity index (χ4n) is 10.9. The minimum absolute atomic E-state index is 0.0187. The molecule has 546 valence electrons. The van der Waals surface area contributed by atoms with Gasteiger partial charge in [0.25, 0.3) is 0 Å². The van der Waals surface area contributed by atoms with Gasteiger partial charge in [-0.2, -0.15) is 0 Å². The van der Waals surface area contributed by atoms with Crippen molar-refractivity contribution in [3.8, 4) is 0 Å². The molecule has 0 spiro atoms.